The van der Waals surface area contributed by atoms with Crippen LogP contribution in [-0.2, 0) is 20.2 Å². The summed E-state index contributed by atoms with van der Waals surface area (Å²) in [5, 5.41) is 4.16. The Morgan fingerprint density at radius 1 is 0.767 bits per heavy atom. The predicted octanol–water partition coefficient (Wildman–Crippen LogP) is 2.61. The van der Waals surface area contributed by atoms with Crippen molar-refractivity contribution in [2.75, 3.05) is 0 Å². The molecule has 0 saturated carbocycles. The van der Waals surface area contributed by atoms with Crippen LogP contribution in [0.25, 0.3) is 12.2 Å². The molecule has 1 radical (unpaired) electrons. The predicted molar refractivity (Wildman–Crippen MR) is 120 cm³/mol. The van der Waals surface area contributed by atoms with Gasteiger partial charge in [-0.05, 0) is 59.8 Å². The summed E-state index contributed by atoms with van der Waals surface area (Å²) >= 11 is 8.91. The van der Waals surface area contributed by atoms with Crippen LogP contribution in [0.1, 0.15) is 11.1 Å². The molecule has 0 aliphatic heterocycles. The van der Waals surface area contributed by atoms with Crippen molar-refractivity contribution in [2.45, 2.75) is 9.79 Å². The molecule has 0 aromatic heterocycles. The molecule has 0 atom stereocenters. The molecular weight excluding hydrogens is 483 g/mol. The Balaban J connectivity index is 0.00000420. The number of hydrogen-bond donors (Lipinski definition) is 2. The standard InChI is InChI=1S/C16H10N2O6S4.Na.H2O/c19-27(20,21)15-7-13(17-9-25)5-3-11(15)1-2-12-4-6-14(18-10-26)8-16(12)28(22,23)24;;/h1-8H,(H,19,20,21)(H,22,23,24);;1H2. The molecule has 0 spiro atoms. The Kier molecular flexibility index (Phi) is 11.3. The van der Waals surface area contributed by atoms with Crippen molar-refractivity contribution in [3.8, 4) is 0 Å². The number of rotatable bonds is 6. The minimum absolute atomic E-state index is 0. The molecule has 2 rings (SSSR count). The van der Waals surface area contributed by atoms with Crippen LogP contribution in [0, 0.1) is 0 Å². The van der Waals surface area contributed by atoms with Crippen LogP contribution in [0.4, 0.5) is 11.4 Å². The van der Waals surface area contributed by atoms with Crippen molar-refractivity contribution in [3.63, 3.8) is 0 Å². The van der Waals surface area contributed by atoms with Crippen molar-refractivity contribution in [1.29, 1.82) is 0 Å². The monoisotopic (exact) mass is 495 g/mol. The van der Waals surface area contributed by atoms with E-state index >= 15 is 0 Å². The molecule has 9 nitrogen and oxygen atoms in total. The molecule has 0 unspecified atom stereocenters. The van der Waals surface area contributed by atoms with Gasteiger partial charge in [-0.3, -0.25) is 9.11 Å². The van der Waals surface area contributed by atoms with E-state index < -0.39 is 30.0 Å². The van der Waals surface area contributed by atoms with E-state index in [0.29, 0.717) is 0 Å². The number of hydrogen-bond acceptors (Lipinski definition) is 8. The van der Waals surface area contributed by atoms with Crippen LogP contribution in [0.15, 0.2) is 56.2 Å². The second-order valence-corrected chi connectivity index (χ2v) is 8.28. The van der Waals surface area contributed by atoms with Crippen LogP contribution in [0.3, 0.4) is 0 Å². The van der Waals surface area contributed by atoms with Gasteiger partial charge in [-0.1, -0.05) is 24.3 Å². The minimum Gasteiger partial charge on any atom is -0.412 e. The zero-order chi connectivity index (χ0) is 20.9. The van der Waals surface area contributed by atoms with E-state index in [1.54, 1.807) is 0 Å². The van der Waals surface area contributed by atoms with Gasteiger partial charge in [0, 0.05) is 29.6 Å². The molecule has 0 amide bonds. The third-order valence-corrected chi connectivity index (χ3v) is 5.34. The first kappa shape index (κ1) is 28.6. The van der Waals surface area contributed by atoms with Crippen molar-refractivity contribution in [3.05, 3.63) is 47.5 Å². The molecule has 0 saturated heterocycles. The third-order valence-electron chi connectivity index (χ3n) is 3.34. The van der Waals surface area contributed by atoms with Gasteiger partial charge >= 0.3 is 0 Å². The summed E-state index contributed by atoms with van der Waals surface area (Å²) in [4.78, 5) is 6.35. The first-order valence-corrected chi connectivity index (χ1v) is 10.8. The summed E-state index contributed by atoms with van der Waals surface area (Å²) in [7, 11) is -9.21. The third kappa shape index (κ3) is 7.67. The summed E-state index contributed by atoms with van der Waals surface area (Å²) in [5.41, 5.74) is 0.405. The molecular formula is C16H12N2NaO7S4. The van der Waals surface area contributed by atoms with E-state index in [4.69, 9.17) is 0 Å². The van der Waals surface area contributed by atoms with E-state index in [2.05, 4.69) is 44.7 Å². The summed E-state index contributed by atoms with van der Waals surface area (Å²) < 4.78 is 65.4. The Morgan fingerprint density at radius 2 is 1.10 bits per heavy atom. The fourth-order valence-electron chi connectivity index (χ4n) is 2.19. The number of thiocarbonyl (C=S) groups is 2. The van der Waals surface area contributed by atoms with Crippen molar-refractivity contribution < 1.29 is 31.4 Å². The molecule has 0 fully saturated rings. The Labute approximate surface area is 205 Å². The minimum atomic E-state index is -4.61. The van der Waals surface area contributed by atoms with Gasteiger partial charge < -0.3 is 5.48 Å². The molecule has 30 heavy (non-hydrogen) atoms. The van der Waals surface area contributed by atoms with E-state index in [1.165, 1.54) is 36.4 Å². The topological polar surface area (TPSA) is 165 Å². The Bertz CT molecular complexity index is 1180. The van der Waals surface area contributed by atoms with Gasteiger partial charge in [-0.2, -0.15) is 26.8 Å². The van der Waals surface area contributed by atoms with E-state index in [0.717, 1.165) is 12.1 Å². The second-order valence-electron chi connectivity index (χ2n) is 5.13. The first-order valence-electron chi connectivity index (χ1n) is 7.13. The number of nitrogens with zero attached hydrogens (tertiary/aromatic N) is 2. The summed E-state index contributed by atoms with van der Waals surface area (Å²) in [6.07, 6.45) is 2.50. The molecule has 2 aromatic carbocycles. The second kappa shape index (κ2) is 11.8. The van der Waals surface area contributed by atoms with Crippen LogP contribution in [-0.4, -0.2) is 71.3 Å². The maximum absolute atomic E-state index is 11.6. The maximum Gasteiger partial charge on any atom is 0.295 e. The molecule has 0 aliphatic rings. The summed E-state index contributed by atoms with van der Waals surface area (Å²) in [5.74, 6) is 0. The fraction of sp³-hybridized carbons (Fsp3) is 0. The normalized spacial score (nSPS) is 10.9. The SMILES string of the molecule is O.O=S(=O)(O)c1cc(N=C=S)ccc1C=Cc1ccc(N=C=S)cc1S(=O)(=O)O.[Na]. The molecule has 14 heteroatoms. The average molecular weight is 496 g/mol. The van der Waals surface area contributed by atoms with Gasteiger partial charge in [-0.25, -0.2) is 0 Å². The van der Waals surface area contributed by atoms with Gasteiger partial charge in [-0.15, -0.1) is 0 Å². The quantitative estimate of drug-likeness (QED) is 0.203. The molecule has 4 N–H and O–H groups in total. The smallest absolute Gasteiger partial charge is 0.295 e. The molecule has 0 heterocycles. The summed E-state index contributed by atoms with van der Waals surface area (Å²) in [6.45, 7) is 0. The number of isothiocyanates is 2. The van der Waals surface area contributed by atoms with Gasteiger partial charge in [0.2, 0.25) is 0 Å². The average Bonchev–Trinajstić information content (AvgIpc) is 2.60. The van der Waals surface area contributed by atoms with Gasteiger partial charge in [0.15, 0.2) is 0 Å². The molecule has 0 aliphatic carbocycles. The molecule has 0 bridgehead atoms. The largest absolute Gasteiger partial charge is 0.412 e. The zero-order valence-corrected chi connectivity index (χ0v) is 20.4. The maximum atomic E-state index is 11.6. The molecule has 153 valence electrons. The number of aliphatic imine (C=N–C) groups is 2. The van der Waals surface area contributed by atoms with E-state index in [-0.39, 0.29) is 57.5 Å². The van der Waals surface area contributed by atoms with Crippen molar-refractivity contribution in [2.24, 2.45) is 9.98 Å². The summed E-state index contributed by atoms with van der Waals surface area (Å²) in [6, 6.07) is 7.68. The number of benzene rings is 2. The van der Waals surface area contributed by atoms with E-state index in [9.17, 15) is 25.9 Å². The molecule has 2 aromatic rings. The zero-order valence-electron chi connectivity index (χ0n) is 15.2. The van der Waals surface area contributed by atoms with E-state index in [1.807, 2.05) is 0 Å². The van der Waals surface area contributed by atoms with Gasteiger partial charge in [0.25, 0.3) is 20.2 Å². The van der Waals surface area contributed by atoms with Gasteiger partial charge in [0.1, 0.15) is 9.79 Å². The Morgan fingerprint density at radius 3 is 1.37 bits per heavy atom. The first-order chi connectivity index (χ1) is 13.1. The van der Waals surface area contributed by atoms with Crippen molar-refractivity contribution >= 4 is 108 Å². The van der Waals surface area contributed by atoms with Crippen LogP contribution < -0.4 is 0 Å². The van der Waals surface area contributed by atoms with Crippen LogP contribution in [0.5, 0.6) is 0 Å². The Hall–Kier alpha value is -1.44. The van der Waals surface area contributed by atoms with Gasteiger partial charge in [0.05, 0.1) is 21.7 Å². The fourth-order valence-corrected chi connectivity index (χ4v) is 3.81. The van der Waals surface area contributed by atoms with Crippen LogP contribution in [0.2, 0.25) is 0 Å². The van der Waals surface area contributed by atoms with Crippen molar-refractivity contribution in [1.82, 2.24) is 0 Å². The van der Waals surface area contributed by atoms with Crippen LogP contribution >= 0.6 is 24.4 Å².